The zero-order chi connectivity index (χ0) is 14.6. The molecule has 0 saturated carbocycles. The third kappa shape index (κ3) is 4.04. The van der Waals surface area contributed by atoms with Crippen LogP contribution in [0.15, 0.2) is 21.9 Å². The maximum atomic E-state index is 11.6. The number of carbonyl (C=O) groups excluding carboxylic acids is 1. The highest BCUT2D eigenvalue weighted by atomic mass is 16.3. The van der Waals surface area contributed by atoms with Crippen molar-refractivity contribution in [2.45, 2.75) is 19.1 Å². The molecule has 1 atom stereocenters. The number of rotatable bonds is 5. The Morgan fingerprint density at radius 1 is 1.47 bits per heavy atom. The Kier molecular flexibility index (Phi) is 4.62. The highest BCUT2D eigenvalue weighted by molar-refractivity contribution is 5.75. The first-order valence-corrected chi connectivity index (χ1v) is 5.63. The van der Waals surface area contributed by atoms with Crippen molar-refractivity contribution in [2.24, 2.45) is 7.05 Å². The normalized spacial score (nSPS) is 13.9. The van der Waals surface area contributed by atoms with E-state index in [1.54, 1.807) is 0 Å². The summed E-state index contributed by atoms with van der Waals surface area (Å²) >= 11 is 0. The van der Waals surface area contributed by atoms with Gasteiger partial charge >= 0.3 is 5.69 Å². The van der Waals surface area contributed by atoms with Crippen molar-refractivity contribution < 1.29 is 15.0 Å². The van der Waals surface area contributed by atoms with Crippen molar-refractivity contribution in [1.29, 1.82) is 0 Å². The number of nitrogens with one attached hydrogen (secondary N) is 1. The molecule has 0 aliphatic carbocycles. The average Bonchev–Trinajstić information content (AvgIpc) is 2.37. The number of hydrogen-bond donors (Lipinski definition) is 3. The first-order valence-electron chi connectivity index (χ1n) is 5.63. The Hall–Kier alpha value is -1.93. The molecule has 1 aromatic rings. The van der Waals surface area contributed by atoms with Gasteiger partial charge in [-0.15, -0.1) is 0 Å². The molecule has 1 rings (SSSR count). The van der Waals surface area contributed by atoms with Gasteiger partial charge in [0, 0.05) is 25.9 Å². The van der Waals surface area contributed by atoms with E-state index in [0.717, 1.165) is 9.13 Å². The van der Waals surface area contributed by atoms with Crippen LogP contribution in [0.3, 0.4) is 0 Å². The van der Waals surface area contributed by atoms with Crippen molar-refractivity contribution >= 4 is 5.91 Å². The van der Waals surface area contributed by atoms with Gasteiger partial charge in [-0.2, -0.15) is 0 Å². The largest absolute Gasteiger partial charge is 0.393 e. The second-order valence-electron chi connectivity index (χ2n) is 4.56. The predicted octanol–water partition coefficient (Wildman–Crippen LogP) is -2.59. The van der Waals surface area contributed by atoms with Crippen molar-refractivity contribution in [3.63, 3.8) is 0 Å². The Morgan fingerprint density at radius 2 is 2.11 bits per heavy atom. The Labute approximate surface area is 108 Å². The van der Waals surface area contributed by atoms with E-state index in [-0.39, 0.29) is 13.1 Å². The van der Waals surface area contributed by atoms with E-state index in [2.05, 4.69) is 5.32 Å². The first kappa shape index (κ1) is 15.1. The van der Waals surface area contributed by atoms with Gasteiger partial charge in [-0.3, -0.25) is 18.7 Å². The van der Waals surface area contributed by atoms with Gasteiger partial charge in [-0.1, -0.05) is 0 Å². The van der Waals surface area contributed by atoms with E-state index >= 15 is 0 Å². The van der Waals surface area contributed by atoms with Gasteiger partial charge in [0.25, 0.3) is 5.56 Å². The molecular formula is C11H17N3O5. The summed E-state index contributed by atoms with van der Waals surface area (Å²) in [6.07, 6.45) is 1.23. The molecule has 1 unspecified atom stereocenters. The molecule has 8 nitrogen and oxygen atoms in total. The van der Waals surface area contributed by atoms with Crippen LogP contribution in [-0.2, 0) is 18.4 Å². The smallest absolute Gasteiger partial charge is 0.331 e. The maximum absolute atomic E-state index is 11.6. The monoisotopic (exact) mass is 271 g/mol. The molecule has 8 heteroatoms. The molecular weight excluding hydrogens is 254 g/mol. The summed E-state index contributed by atoms with van der Waals surface area (Å²) in [7, 11) is 1.32. The molecule has 106 valence electrons. The summed E-state index contributed by atoms with van der Waals surface area (Å²) in [5, 5.41) is 20.7. The van der Waals surface area contributed by atoms with Crippen molar-refractivity contribution in [1.82, 2.24) is 14.5 Å². The minimum Gasteiger partial charge on any atom is -0.393 e. The van der Waals surface area contributed by atoms with E-state index in [0.29, 0.717) is 0 Å². The molecule has 1 aromatic heterocycles. The molecule has 3 N–H and O–H groups in total. The first-order chi connectivity index (χ1) is 8.76. The third-order valence-electron chi connectivity index (χ3n) is 2.58. The molecule has 0 fully saturated rings. The van der Waals surface area contributed by atoms with Crippen molar-refractivity contribution in [3.05, 3.63) is 33.1 Å². The molecule has 0 aromatic carbocycles. The molecule has 0 aliphatic heterocycles. The summed E-state index contributed by atoms with van der Waals surface area (Å²) < 4.78 is 1.96. The number of aliphatic hydroxyl groups is 2. The van der Waals surface area contributed by atoms with Crippen LogP contribution in [0, 0.1) is 0 Å². The minimum absolute atomic E-state index is 0.136. The maximum Gasteiger partial charge on any atom is 0.331 e. The fourth-order valence-electron chi connectivity index (χ4n) is 1.29. The molecule has 0 bridgehead atoms. The second-order valence-corrected chi connectivity index (χ2v) is 4.56. The number of nitrogens with zero attached hydrogens (tertiary/aromatic N) is 2. The van der Waals surface area contributed by atoms with Crippen LogP contribution >= 0.6 is 0 Å². The molecule has 19 heavy (non-hydrogen) atoms. The molecule has 0 aliphatic rings. The zero-order valence-electron chi connectivity index (χ0n) is 10.8. The third-order valence-corrected chi connectivity index (χ3v) is 2.58. The Bertz CT molecular complexity index is 572. The lowest BCUT2D eigenvalue weighted by Crippen LogP contribution is -2.45. The van der Waals surface area contributed by atoms with E-state index < -0.39 is 29.4 Å². The van der Waals surface area contributed by atoms with Crippen LogP contribution in [0.2, 0.25) is 0 Å². The fourth-order valence-corrected chi connectivity index (χ4v) is 1.29. The number of carbonyl (C=O) groups is 1. The number of aliphatic hydroxyl groups excluding tert-OH is 1. The number of amides is 1. The van der Waals surface area contributed by atoms with Crippen LogP contribution in [0.4, 0.5) is 0 Å². The van der Waals surface area contributed by atoms with E-state index in [9.17, 15) is 19.5 Å². The zero-order valence-corrected chi connectivity index (χ0v) is 10.8. The van der Waals surface area contributed by atoms with Crippen LogP contribution in [0.25, 0.3) is 0 Å². The lowest BCUT2D eigenvalue weighted by atomic mass is 10.1. The van der Waals surface area contributed by atoms with Crippen LogP contribution in [0.1, 0.15) is 6.92 Å². The summed E-state index contributed by atoms with van der Waals surface area (Å²) in [6, 6.07) is 1.18. The van der Waals surface area contributed by atoms with E-state index in [4.69, 9.17) is 5.11 Å². The van der Waals surface area contributed by atoms with Crippen LogP contribution in [-0.4, -0.2) is 44.0 Å². The average molecular weight is 271 g/mol. The van der Waals surface area contributed by atoms with Gasteiger partial charge in [-0.25, -0.2) is 4.79 Å². The minimum atomic E-state index is -1.41. The summed E-state index contributed by atoms with van der Waals surface area (Å²) in [5.74, 6) is -0.505. The predicted molar refractivity (Wildman–Crippen MR) is 66.7 cm³/mol. The van der Waals surface area contributed by atoms with Gasteiger partial charge in [0.2, 0.25) is 5.91 Å². The molecule has 1 heterocycles. The van der Waals surface area contributed by atoms with Crippen LogP contribution < -0.4 is 16.6 Å². The van der Waals surface area contributed by atoms with Gasteiger partial charge in [0.15, 0.2) is 0 Å². The Balaban J connectivity index is 2.71. The lowest BCUT2D eigenvalue weighted by Gasteiger charge is -2.20. The van der Waals surface area contributed by atoms with Crippen molar-refractivity contribution in [2.75, 3.05) is 13.2 Å². The number of aromatic nitrogens is 2. The molecule has 0 saturated heterocycles. The highest BCUT2D eigenvalue weighted by Crippen LogP contribution is 1.98. The topological polar surface area (TPSA) is 114 Å². The van der Waals surface area contributed by atoms with Crippen molar-refractivity contribution in [3.8, 4) is 0 Å². The summed E-state index contributed by atoms with van der Waals surface area (Å²) in [6.45, 7) is 0.468. The highest BCUT2D eigenvalue weighted by Gasteiger charge is 2.19. The lowest BCUT2D eigenvalue weighted by molar-refractivity contribution is -0.123. The van der Waals surface area contributed by atoms with Gasteiger partial charge in [0.1, 0.15) is 12.1 Å². The Morgan fingerprint density at radius 3 is 2.68 bits per heavy atom. The molecule has 0 radical (unpaired) electrons. The standard InChI is InChI=1S/C11H17N3O5/c1-11(19,7-15)6-12-8(16)5-14-4-3-9(17)13(2)10(14)18/h3-4,15,19H,5-7H2,1-2H3,(H,12,16). The van der Waals surface area contributed by atoms with E-state index in [1.807, 2.05) is 0 Å². The van der Waals surface area contributed by atoms with Gasteiger partial charge in [-0.05, 0) is 6.92 Å². The van der Waals surface area contributed by atoms with Crippen LogP contribution in [0.5, 0.6) is 0 Å². The molecule has 0 spiro atoms. The molecule has 1 amide bonds. The van der Waals surface area contributed by atoms with E-state index in [1.165, 1.54) is 26.2 Å². The fraction of sp³-hybridized carbons (Fsp3) is 0.545. The number of hydrogen-bond acceptors (Lipinski definition) is 5. The van der Waals surface area contributed by atoms with Gasteiger partial charge in [0.05, 0.1) is 6.61 Å². The SMILES string of the molecule is Cn1c(=O)ccn(CC(=O)NCC(C)(O)CO)c1=O. The second kappa shape index (κ2) is 5.81. The summed E-state index contributed by atoms with van der Waals surface area (Å²) in [4.78, 5) is 34.4. The summed E-state index contributed by atoms with van der Waals surface area (Å²) in [5.41, 5.74) is -2.47. The quantitative estimate of drug-likeness (QED) is 0.543. The van der Waals surface area contributed by atoms with Gasteiger partial charge < -0.3 is 15.5 Å².